The van der Waals surface area contributed by atoms with E-state index in [-0.39, 0.29) is 6.04 Å². The van der Waals surface area contributed by atoms with Gasteiger partial charge in [-0.25, -0.2) is 0 Å². The number of pyridine rings is 2. The van der Waals surface area contributed by atoms with Gasteiger partial charge in [-0.3, -0.25) is 9.97 Å². The predicted molar refractivity (Wildman–Crippen MR) is 83.2 cm³/mol. The lowest BCUT2D eigenvalue weighted by molar-refractivity contribution is 0.338. The summed E-state index contributed by atoms with van der Waals surface area (Å²) in [5.41, 5.74) is 9.29. The molecule has 3 rings (SSSR count). The second kappa shape index (κ2) is 5.89. The van der Waals surface area contributed by atoms with Crippen LogP contribution >= 0.6 is 0 Å². The predicted octanol–water partition coefficient (Wildman–Crippen LogP) is 3.08. The van der Waals surface area contributed by atoms with Gasteiger partial charge in [0.1, 0.15) is 5.75 Å². The molecular formula is C17H17N3O. The van der Waals surface area contributed by atoms with Gasteiger partial charge in [-0.05, 0) is 42.3 Å². The summed E-state index contributed by atoms with van der Waals surface area (Å²) in [6, 6.07) is 11.7. The van der Waals surface area contributed by atoms with Crippen LogP contribution in [0.15, 0.2) is 55.0 Å². The summed E-state index contributed by atoms with van der Waals surface area (Å²) in [5, 5.41) is 1.08. The maximum absolute atomic E-state index is 6.36. The van der Waals surface area contributed by atoms with E-state index < -0.39 is 0 Å². The van der Waals surface area contributed by atoms with Gasteiger partial charge in [-0.1, -0.05) is 12.1 Å². The molecule has 0 saturated carbocycles. The summed E-state index contributed by atoms with van der Waals surface area (Å²) in [6.45, 7) is 2.56. The molecule has 0 radical (unpaired) electrons. The summed E-state index contributed by atoms with van der Waals surface area (Å²) < 4.78 is 5.47. The van der Waals surface area contributed by atoms with Crippen LogP contribution in [0.3, 0.4) is 0 Å². The smallest absolute Gasteiger partial charge is 0.137 e. The van der Waals surface area contributed by atoms with E-state index in [0.29, 0.717) is 6.61 Å². The molecule has 0 saturated heterocycles. The van der Waals surface area contributed by atoms with Crippen LogP contribution in [0.2, 0.25) is 0 Å². The van der Waals surface area contributed by atoms with E-state index >= 15 is 0 Å². The number of rotatable bonds is 4. The lowest BCUT2D eigenvalue weighted by atomic mass is 9.99. The molecule has 2 heterocycles. The molecule has 0 aliphatic carbocycles. The third-order valence-corrected chi connectivity index (χ3v) is 3.39. The van der Waals surface area contributed by atoms with Crippen LogP contribution < -0.4 is 10.5 Å². The van der Waals surface area contributed by atoms with Gasteiger partial charge >= 0.3 is 0 Å². The highest BCUT2D eigenvalue weighted by molar-refractivity contribution is 5.79. The minimum absolute atomic E-state index is 0.234. The van der Waals surface area contributed by atoms with Gasteiger partial charge in [0.25, 0.3) is 0 Å². The van der Waals surface area contributed by atoms with Crippen LogP contribution in [0.4, 0.5) is 0 Å². The molecule has 4 heteroatoms. The summed E-state index contributed by atoms with van der Waals surface area (Å²) in [7, 11) is 0. The average Bonchev–Trinajstić information content (AvgIpc) is 2.54. The molecule has 0 spiro atoms. The molecule has 1 atom stereocenters. The van der Waals surface area contributed by atoms with Crippen molar-refractivity contribution in [3.63, 3.8) is 0 Å². The highest BCUT2D eigenvalue weighted by Gasteiger charge is 2.11. The molecule has 1 aromatic carbocycles. The van der Waals surface area contributed by atoms with Gasteiger partial charge < -0.3 is 10.5 Å². The highest BCUT2D eigenvalue weighted by atomic mass is 16.5. The molecule has 1 unspecified atom stereocenters. The highest BCUT2D eigenvalue weighted by Crippen LogP contribution is 2.24. The van der Waals surface area contributed by atoms with Crippen molar-refractivity contribution in [1.29, 1.82) is 0 Å². The Hall–Kier alpha value is -2.46. The van der Waals surface area contributed by atoms with Crippen LogP contribution in [0, 0.1) is 0 Å². The van der Waals surface area contributed by atoms with Gasteiger partial charge in [0, 0.05) is 17.8 Å². The quantitative estimate of drug-likeness (QED) is 0.797. The third kappa shape index (κ3) is 2.85. The molecule has 21 heavy (non-hydrogen) atoms. The number of ether oxygens (including phenoxy) is 1. The van der Waals surface area contributed by atoms with Crippen LogP contribution in [-0.2, 0) is 0 Å². The van der Waals surface area contributed by atoms with E-state index in [2.05, 4.69) is 16.0 Å². The average molecular weight is 279 g/mol. The Morgan fingerprint density at radius 1 is 1.14 bits per heavy atom. The van der Waals surface area contributed by atoms with Crippen LogP contribution in [-0.4, -0.2) is 16.6 Å². The first-order valence-corrected chi connectivity index (χ1v) is 6.96. The van der Waals surface area contributed by atoms with Crippen molar-refractivity contribution in [2.75, 3.05) is 6.61 Å². The van der Waals surface area contributed by atoms with Crippen molar-refractivity contribution in [2.45, 2.75) is 13.0 Å². The van der Waals surface area contributed by atoms with E-state index in [0.717, 1.165) is 27.8 Å². The minimum atomic E-state index is -0.234. The molecule has 0 aliphatic rings. The third-order valence-electron chi connectivity index (χ3n) is 3.39. The van der Waals surface area contributed by atoms with Gasteiger partial charge in [0.2, 0.25) is 0 Å². The first-order valence-electron chi connectivity index (χ1n) is 6.96. The number of nitrogens with two attached hydrogens (primary N) is 1. The number of hydrogen-bond acceptors (Lipinski definition) is 4. The van der Waals surface area contributed by atoms with E-state index in [1.54, 1.807) is 18.6 Å². The Morgan fingerprint density at radius 2 is 2.05 bits per heavy atom. The second-order valence-electron chi connectivity index (χ2n) is 4.82. The van der Waals surface area contributed by atoms with Gasteiger partial charge in [0.15, 0.2) is 0 Å². The Bertz CT molecular complexity index is 758. The fraction of sp³-hybridized carbons (Fsp3) is 0.176. The fourth-order valence-corrected chi connectivity index (χ4v) is 2.33. The van der Waals surface area contributed by atoms with Crippen molar-refractivity contribution in [3.8, 4) is 5.75 Å². The first-order chi connectivity index (χ1) is 10.3. The number of benzene rings is 1. The van der Waals surface area contributed by atoms with Crippen LogP contribution in [0.1, 0.15) is 24.1 Å². The van der Waals surface area contributed by atoms with Crippen LogP contribution in [0.5, 0.6) is 5.75 Å². The maximum atomic E-state index is 6.36. The molecule has 0 aliphatic heterocycles. The van der Waals surface area contributed by atoms with Crippen molar-refractivity contribution in [1.82, 2.24) is 9.97 Å². The molecule has 2 aromatic heterocycles. The van der Waals surface area contributed by atoms with Gasteiger partial charge in [0.05, 0.1) is 24.4 Å². The van der Waals surface area contributed by atoms with E-state index in [1.165, 1.54) is 0 Å². The zero-order chi connectivity index (χ0) is 14.7. The first kappa shape index (κ1) is 13.5. The molecule has 2 N–H and O–H groups in total. The number of nitrogens with zero attached hydrogens (tertiary/aromatic N) is 2. The van der Waals surface area contributed by atoms with E-state index in [4.69, 9.17) is 10.5 Å². The SMILES string of the molecule is CCOc1cncc(C(N)c2ccc3ncccc3c2)c1. The molecule has 0 bridgehead atoms. The fourth-order valence-electron chi connectivity index (χ4n) is 2.33. The zero-order valence-electron chi connectivity index (χ0n) is 11.9. The Morgan fingerprint density at radius 3 is 2.90 bits per heavy atom. The van der Waals surface area contributed by atoms with Gasteiger partial charge in [-0.2, -0.15) is 0 Å². The second-order valence-corrected chi connectivity index (χ2v) is 4.82. The molecule has 106 valence electrons. The molecule has 4 nitrogen and oxygen atoms in total. The summed E-state index contributed by atoms with van der Waals surface area (Å²) in [6.07, 6.45) is 5.27. The number of hydrogen-bond donors (Lipinski definition) is 1. The molecule has 0 amide bonds. The molecule has 3 aromatic rings. The maximum Gasteiger partial charge on any atom is 0.137 e. The Labute approximate surface area is 123 Å². The monoisotopic (exact) mass is 279 g/mol. The lowest BCUT2D eigenvalue weighted by Gasteiger charge is -2.14. The number of aromatic nitrogens is 2. The summed E-state index contributed by atoms with van der Waals surface area (Å²) in [4.78, 5) is 8.51. The van der Waals surface area contributed by atoms with E-state index in [9.17, 15) is 0 Å². The summed E-state index contributed by atoms with van der Waals surface area (Å²) in [5.74, 6) is 0.743. The molecule has 0 fully saturated rings. The van der Waals surface area contributed by atoms with Crippen LogP contribution in [0.25, 0.3) is 10.9 Å². The topological polar surface area (TPSA) is 61.0 Å². The Kier molecular flexibility index (Phi) is 3.79. The number of fused-ring (bicyclic) bond motifs is 1. The van der Waals surface area contributed by atoms with Gasteiger partial charge in [-0.15, -0.1) is 0 Å². The normalized spacial score (nSPS) is 12.3. The largest absolute Gasteiger partial charge is 0.492 e. The summed E-state index contributed by atoms with van der Waals surface area (Å²) >= 11 is 0. The minimum Gasteiger partial charge on any atom is -0.492 e. The zero-order valence-corrected chi connectivity index (χ0v) is 11.9. The van der Waals surface area contributed by atoms with Crippen molar-refractivity contribution >= 4 is 10.9 Å². The standard InChI is InChI=1S/C17H17N3O/c1-2-21-15-9-14(10-19-11-15)17(18)13-5-6-16-12(8-13)4-3-7-20-16/h3-11,17H,2,18H2,1H3. The van der Waals surface area contributed by atoms with E-state index in [1.807, 2.05) is 37.3 Å². The Balaban J connectivity index is 1.95. The van der Waals surface area contributed by atoms with Crippen molar-refractivity contribution in [3.05, 3.63) is 66.1 Å². The lowest BCUT2D eigenvalue weighted by Crippen LogP contribution is -2.12. The molecular weight excluding hydrogens is 262 g/mol. The van der Waals surface area contributed by atoms with Crippen molar-refractivity contribution in [2.24, 2.45) is 5.73 Å². The van der Waals surface area contributed by atoms with Crippen molar-refractivity contribution < 1.29 is 4.74 Å².